The molecule has 0 spiro atoms. The Balaban J connectivity index is 1.83. The predicted molar refractivity (Wildman–Crippen MR) is 198 cm³/mol. The molecule has 0 fully saturated rings. The number of hydrogen-bond acceptors (Lipinski definition) is 12. The average molecular weight is 736 g/mol. The van der Waals surface area contributed by atoms with E-state index < -0.39 is 23.4 Å². The van der Waals surface area contributed by atoms with Gasteiger partial charge in [-0.05, 0) is 36.6 Å². The number of para-hydroxylation sites is 2. The van der Waals surface area contributed by atoms with Crippen molar-refractivity contribution in [1.29, 1.82) is 32.5 Å². The summed E-state index contributed by atoms with van der Waals surface area (Å²) in [5, 5.41) is 113. The van der Waals surface area contributed by atoms with E-state index >= 15 is 0 Å². The van der Waals surface area contributed by atoms with E-state index in [9.17, 15) is 25.5 Å². The lowest BCUT2D eigenvalue weighted by Gasteiger charge is -2.23. The number of nitrogens with one attached hydrogen (secondary N) is 11. The fourth-order valence-corrected chi connectivity index (χ4v) is 4.76. The predicted octanol–water partition coefficient (Wildman–Crippen LogP) is 0.130. The van der Waals surface area contributed by atoms with Crippen LogP contribution < -0.4 is 42.8 Å². The summed E-state index contributed by atoms with van der Waals surface area (Å²) in [5.74, 6) is -3.80. The topological polar surface area (TPSA) is 372 Å². The molecule has 0 heterocycles. The number of phenols is 5. The lowest BCUT2D eigenvalue weighted by molar-refractivity contribution is 0.375. The fourth-order valence-electron chi connectivity index (χ4n) is 4.76. The van der Waals surface area contributed by atoms with Gasteiger partial charge in [0.2, 0.25) is 0 Å². The Morgan fingerprint density at radius 2 is 1.28 bits per heavy atom. The number of nitrogens with two attached hydrogens (primary N) is 2. The Hall–Kier alpha value is -7.32. The van der Waals surface area contributed by atoms with Crippen molar-refractivity contribution in [2.24, 2.45) is 11.5 Å². The van der Waals surface area contributed by atoms with Crippen LogP contribution in [-0.2, 0) is 25.9 Å². The lowest BCUT2D eigenvalue weighted by Crippen LogP contribution is -2.46. The molecule has 53 heavy (non-hydrogen) atoms. The number of benzene rings is 3. The Bertz CT molecular complexity index is 1890. The maximum atomic E-state index is 11.2. The van der Waals surface area contributed by atoms with Crippen molar-refractivity contribution in [2.75, 3.05) is 27.2 Å². The number of nitrogens with zero attached hydrogens (tertiary/aromatic N) is 2. The lowest BCUT2D eigenvalue weighted by atomic mass is 10.0. The Labute approximate surface area is 304 Å². The van der Waals surface area contributed by atoms with Crippen LogP contribution in [0.25, 0.3) is 0 Å². The van der Waals surface area contributed by atoms with Crippen LogP contribution in [0.4, 0.5) is 0 Å². The smallest absolute Gasteiger partial charge is 0.197 e. The van der Waals surface area contributed by atoms with E-state index in [0.717, 1.165) is 0 Å². The van der Waals surface area contributed by atoms with Crippen LogP contribution in [0.5, 0.6) is 40.2 Å². The zero-order chi connectivity index (χ0) is 39.4. The maximum absolute atomic E-state index is 11.2. The summed E-state index contributed by atoms with van der Waals surface area (Å²) in [6.07, 6.45) is 0.240. The number of likely N-dealkylation sites (N-methyl/N-ethyl adjacent to an activating group) is 1. The van der Waals surface area contributed by atoms with Crippen molar-refractivity contribution in [3.8, 4) is 40.2 Å². The molecular weight excluding hydrogens is 690 g/mol. The summed E-state index contributed by atoms with van der Waals surface area (Å²) < 4.78 is 6.11. The Morgan fingerprint density at radius 3 is 1.96 bits per heavy atom. The van der Waals surface area contributed by atoms with Gasteiger partial charge >= 0.3 is 0 Å². The molecule has 0 radical (unpaired) electrons. The van der Waals surface area contributed by atoms with Gasteiger partial charge < -0.3 is 62.2 Å². The van der Waals surface area contributed by atoms with Crippen LogP contribution in [0, 0.1) is 32.5 Å². The van der Waals surface area contributed by atoms with Crippen LogP contribution in [-0.4, -0.2) is 98.3 Å². The number of phenolic OH excluding ortho intramolecular Hbond substituents is 5. The molecule has 0 amide bonds. The molecule has 0 unspecified atom stereocenters. The van der Waals surface area contributed by atoms with Gasteiger partial charge in [-0.1, -0.05) is 24.3 Å². The molecule has 0 saturated carbocycles. The van der Waals surface area contributed by atoms with E-state index in [1.54, 1.807) is 31.3 Å². The molecule has 284 valence electrons. The van der Waals surface area contributed by atoms with Crippen molar-refractivity contribution < 1.29 is 30.3 Å². The van der Waals surface area contributed by atoms with Crippen molar-refractivity contribution >= 4 is 35.8 Å². The van der Waals surface area contributed by atoms with Gasteiger partial charge in [-0.15, -0.1) is 0 Å². The largest absolute Gasteiger partial charge is 0.504 e. The molecule has 3 aromatic rings. The highest BCUT2D eigenvalue weighted by atomic mass is 16.5. The van der Waals surface area contributed by atoms with Crippen LogP contribution in [0.15, 0.2) is 42.5 Å². The minimum atomic E-state index is -0.562. The second-order valence-corrected chi connectivity index (χ2v) is 11.6. The summed E-state index contributed by atoms with van der Waals surface area (Å²) in [6, 6.07) is 10.6. The molecule has 0 aliphatic carbocycles. The molecule has 21 heteroatoms. The number of hydrogen-bond donors (Lipinski definition) is 18. The quantitative estimate of drug-likeness (QED) is 0.0667. The van der Waals surface area contributed by atoms with Crippen molar-refractivity contribution in [1.82, 2.24) is 36.4 Å². The second kappa shape index (κ2) is 18.1. The Morgan fingerprint density at radius 1 is 0.660 bits per heavy atom. The molecule has 20 N–H and O–H groups in total. The minimum absolute atomic E-state index is 0.00610. The van der Waals surface area contributed by atoms with Gasteiger partial charge in [0.25, 0.3) is 0 Å². The minimum Gasteiger partial charge on any atom is -0.504 e. The first kappa shape index (κ1) is 40.1. The van der Waals surface area contributed by atoms with Gasteiger partial charge in [0.15, 0.2) is 70.3 Å². The first-order valence-electron chi connectivity index (χ1n) is 15.8. The van der Waals surface area contributed by atoms with Gasteiger partial charge in [-0.3, -0.25) is 48.4 Å². The molecule has 0 bridgehead atoms. The standard InChI is InChI=1S/C32H45N15O6/c1-46(31(39)44-28(35)36)12-10-19-22(53-21-8-4-5-16(24(21)50)9-11-41-29(37)43-27(33)34)13-18(25(51)26(19)52)14-42-30(38)45-32(40)47(2)15-17-6-3-7-20(48)23(17)49/h3-8,13,48-52H,9-12,14-15H2,1-2H3,(H5,35,36,39,44)(H4,38,40,42,45)(H6,33,34,37,41,43). The number of guanidine groups is 6. The van der Waals surface area contributed by atoms with E-state index in [-0.39, 0.29) is 103 Å². The van der Waals surface area contributed by atoms with E-state index in [4.69, 9.17) is 48.7 Å². The zero-order valence-electron chi connectivity index (χ0n) is 29.0. The van der Waals surface area contributed by atoms with Crippen LogP contribution >= 0.6 is 0 Å². The number of ether oxygens (including phenoxy) is 1. The van der Waals surface area contributed by atoms with Crippen molar-refractivity contribution in [3.05, 3.63) is 64.7 Å². The molecular formula is C32H45N15O6. The SMILES string of the molecule is CN(CCc1c(Oc2cccc(CCNC(=N)NC(=N)N)c2O)cc(CNC(=N)NC(=N)N(C)Cc2cccc(O)c2O)c(O)c1O)C(=N)NC(=N)N. The third-order valence-corrected chi connectivity index (χ3v) is 7.59. The summed E-state index contributed by atoms with van der Waals surface area (Å²) in [6.45, 7) is 0.0656. The van der Waals surface area contributed by atoms with Gasteiger partial charge in [-0.2, -0.15) is 0 Å². The monoisotopic (exact) mass is 735 g/mol. The molecule has 0 atom stereocenters. The molecule has 0 aliphatic rings. The third kappa shape index (κ3) is 11.4. The summed E-state index contributed by atoms with van der Waals surface area (Å²) >= 11 is 0. The average Bonchev–Trinajstić information content (AvgIpc) is 3.08. The van der Waals surface area contributed by atoms with E-state index in [2.05, 4.69) is 26.6 Å². The Kier molecular flexibility index (Phi) is 13.7. The molecule has 3 aromatic carbocycles. The van der Waals surface area contributed by atoms with Crippen LogP contribution in [0.2, 0.25) is 0 Å². The van der Waals surface area contributed by atoms with Crippen molar-refractivity contribution in [3.63, 3.8) is 0 Å². The van der Waals surface area contributed by atoms with E-state index in [1.165, 1.54) is 35.0 Å². The molecule has 21 nitrogen and oxygen atoms in total. The fraction of sp³-hybridized carbons (Fsp3) is 0.250. The van der Waals surface area contributed by atoms with Gasteiger partial charge in [0, 0.05) is 57.0 Å². The highest BCUT2D eigenvalue weighted by Gasteiger charge is 2.22. The second-order valence-electron chi connectivity index (χ2n) is 11.6. The molecule has 3 rings (SSSR count). The van der Waals surface area contributed by atoms with Gasteiger partial charge in [0.1, 0.15) is 5.75 Å². The normalized spacial score (nSPS) is 10.4. The summed E-state index contributed by atoms with van der Waals surface area (Å²) in [5.41, 5.74) is 11.5. The molecule has 0 aromatic heterocycles. The third-order valence-electron chi connectivity index (χ3n) is 7.59. The first-order chi connectivity index (χ1) is 25.0. The molecule has 0 saturated heterocycles. The maximum Gasteiger partial charge on any atom is 0.197 e. The highest BCUT2D eigenvalue weighted by Crippen LogP contribution is 2.43. The zero-order valence-corrected chi connectivity index (χ0v) is 29.0. The van der Waals surface area contributed by atoms with Crippen LogP contribution in [0.1, 0.15) is 22.3 Å². The summed E-state index contributed by atoms with van der Waals surface area (Å²) in [7, 11) is 3.08. The highest BCUT2D eigenvalue weighted by molar-refractivity contribution is 5.96. The number of rotatable bonds is 12. The van der Waals surface area contributed by atoms with E-state index in [1.807, 2.05) is 0 Å². The van der Waals surface area contributed by atoms with Crippen LogP contribution in [0.3, 0.4) is 0 Å². The summed E-state index contributed by atoms with van der Waals surface area (Å²) in [4.78, 5) is 2.78. The van der Waals surface area contributed by atoms with Gasteiger partial charge in [-0.25, -0.2) is 0 Å². The molecule has 0 aliphatic heterocycles. The van der Waals surface area contributed by atoms with Gasteiger partial charge in [0.05, 0.1) is 0 Å². The number of aromatic hydroxyl groups is 5. The van der Waals surface area contributed by atoms with Crippen molar-refractivity contribution in [2.45, 2.75) is 25.9 Å². The van der Waals surface area contributed by atoms with E-state index in [0.29, 0.717) is 11.1 Å². The first-order valence-corrected chi connectivity index (χ1v) is 15.8.